The number of nitrogens with one attached hydrogen (secondary N) is 1. The van der Waals surface area contributed by atoms with Gasteiger partial charge in [-0.05, 0) is 49.8 Å². The Morgan fingerprint density at radius 3 is 2.44 bits per heavy atom. The molecule has 1 aromatic carbocycles. The van der Waals surface area contributed by atoms with Crippen LogP contribution < -0.4 is 11.1 Å². The minimum atomic E-state index is -0.589. The summed E-state index contributed by atoms with van der Waals surface area (Å²) in [7, 11) is 0. The monoisotopic (exact) mass is 349 g/mol. The average molecular weight is 349 g/mol. The van der Waals surface area contributed by atoms with Gasteiger partial charge >= 0.3 is 0 Å². The summed E-state index contributed by atoms with van der Waals surface area (Å²) in [5, 5.41) is 2.55. The predicted molar refractivity (Wildman–Crippen MR) is 96.8 cm³/mol. The smallest absolute Gasteiger partial charge is 0.253 e. The van der Waals surface area contributed by atoms with Crippen molar-refractivity contribution in [2.45, 2.75) is 46.1 Å². The predicted octanol–water partition coefficient (Wildman–Crippen LogP) is 3.01. The summed E-state index contributed by atoms with van der Waals surface area (Å²) < 4.78 is 14.2. The van der Waals surface area contributed by atoms with Gasteiger partial charge in [-0.15, -0.1) is 0 Å². The second kappa shape index (κ2) is 8.43. The number of hydrogen-bond acceptors (Lipinski definition) is 3. The number of nitrogens with zero attached hydrogens (tertiary/aromatic N) is 1. The molecule has 1 saturated heterocycles. The Bertz CT molecular complexity index is 623. The number of anilines is 1. The van der Waals surface area contributed by atoms with E-state index in [1.165, 1.54) is 12.1 Å². The third-order valence-electron chi connectivity index (χ3n) is 4.65. The molecule has 2 amide bonds. The second-order valence-corrected chi connectivity index (χ2v) is 7.33. The molecule has 1 aromatic rings. The topological polar surface area (TPSA) is 75.4 Å². The lowest BCUT2D eigenvalue weighted by Gasteiger charge is -2.33. The first-order valence-electron chi connectivity index (χ1n) is 8.92. The number of amides is 2. The van der Waals surface area contributed by atoms with Gasteiger partial charge in [-0.1, -0.05) is 13.8 Å². The van der Waals surface area contributed by atoms with Crippen molar-refractivity contribution in [2.24, 2.45) is 17.6 Å². The van der Waals surface area contributed by atoms with E-state index in [9.17, 15) is 14.0 Å². The normalized spacial score (nSPS) is 16.8. The third-order valence-corrected chi connectivity index (χ3v) is 4.65. The van der Waals surface area contributed by atoms with E-state index >= 15 is 0 Å². The van der Waals surface area contributed by atoms with Crippen LogP contribution in [-0.4, -0.2) is 35.8 Å². The Morgan fingerprint density at radius 1 is 1.28 bits per heavy atom. The van der Waals surface area contributed by atoms with Crippen LogP contribution in [0.1, 0.15) is 50.4 Å². The fourth-order valence-electron chi connectivity index (χ4n) is 3.13. The molecule has 1 fully saturated rings. The van der Waals surface area contributed by atoms with Crippen molar-refractivity contribution in [3.8, 4) is 0 Å². The van der Waals surface area contributed by atoms with Crippen LogP contribution in [0, 0.1) is 17.7 Å². The summed E-state index contributed by atoms with van der Waals surface area (Å²) in [6, 6.07) is 4.34. The van der Waals surface area contributed by atoms with Crippen molar-refractivity contribution >= 4 is 17.5 Å². The van der Waals surface area contributed by atoms with Gasteiger partial charge in [0.05, 0.1) is 5.69 Å². The Morgan fingerprint density at radius 2 is 1.92 bits per heavy atom. The molecule has 0 bridgehead atoms. The lowest BCUT2D eigenvalue weighted by molar-refractivity contribution is -0.116. The second-order valence-electron chi connectivity index (χ2n) is 7.33. The van der Waals surface area contributed by atoms with Gasteiger partial charge in [0.2, 0.25) is 5.91 Å². The Kier molecular flexibility index (Phi) is 6.53. The van der Waals surface area contributed by atoms with Gasteiger partial charge in [0, 0.05) is 31.1 Å². The van der Waals surface area contributed by atoms with Crippen molar-refractivity contribution in [3.05, 3.63) is 29.6 Å². The number of rotatable bonds is 5. The summed E-state index contributed by atoms with van der Waals surface area (Å²) in [4.78, 5) is 26.1. The SMILES string of the molecule is CC(C)CC(=O)Nc1ccc(C(=O)N2CCC(C(C)N)CC2)cc1F. The molecule has 6 heteroatoms. The maximum Gasteiger partial charge on any atom is 0.253 e. The van der Waals surface area contributed by atoms with E-state index in [4.69, 9.17) is 5.73 Å². The quantitative estimate of drug-likeness (QED) is 0.858. The van der Waals surface area contributed by atoms with Gasteiger partial charge in [-0.3, -0.25) is 9.59 Å². The zero-order chi connectivity index (χ0) is 18.6. The van der Waals surface area contributed by atoms with Gasteiger partial charge in [-0.2, -0.15) is 0 Å². The van der Waals surface area contributed by atoms with Crippen molar-refractivity contribution in [1.82, 2.24) is 4.90 Å². The highest BCUT2D eigenvalue weighted by Crippen LogP contribution is 2.23. The number of nitrogens with two attached hydrogens (primary N) is 1. The van der Waals surface area contributed by atoms with E-state index in [2.05, 4.69) is 5.32 Å². The molecule has 1 aliphatic heterocycles. The molecule has 138 valence electrons. The Balaban J connectivity index is 2.00. The molecule has 0 aromatic heterocycles. The number of likely N-dealkylation sites (tertiary alicyclic amines) is 1. The van der Waals surface area contributed by atoms with Crippen LogP contribution in [0.3, 0.4) is 0 Å². The minimum Gasteiger partial charge on any atom is -0.339 e. The van der Waals surface area contributed by atoms with Crippen LogP contribution in [0.4, 0.5) is 10.1 Å². The van der Waals surface area contributed by atoms with Crippen LogP contribution in [-0.2, 0) is 4.79 Å². The zero-order valence-corrected chi connectivity index (χ0v) is 15.2. The van der Waals surface area contributed by atoms with Gasteiger partial charge in [0.15, 0.2) is 0 Å². The number of piperidine rings is 1. The number of carbonyl (C=O) groups is 2. The highest BCUT2D eigenvalue weighted by atomic mass is 19.1. The first-order chi connectivity index (χ1) is 11.8. The first-order valence-corrected chi connectivity index (χ1v) is 8.92. The minimum absolute atomic E-state index is 0.109. The van der Waals surface area contributed by atoms with Gasteiger partial charge < -0.3 is 16.0 Å². The van der Waals surface area contributed by atoms with Crippen molar-refractivity contribution in [2.75, 3.05) is 18.4 Å². The molecule has 2 rings (SSSR count). The number of benzene rings is 1. The van der Waals surface area contributed by atoms with Crippen molar-refractivity contribution in [1.29, 1.82) is 0 Å². The van der Waals surface area contributed by atoms with E-state index < -0.39 is 5.82 Å². The van der Waals surface area contributed by atoms with E-state index in [0.29, 0.717) is 31.0 Å². The van der Waals surface area contributed by atoms with E-state index in [-0.39, 0.29) is 29.5 Å². The Labute approximate surface area is 148 Å². The molecule has 1 atom stereocenters. The highest BCUT2D eigenvalue weighted by Gasteiger charge is 2.26. The maximum absolute atomic E-state index is 14.2. The lowest BCUT2D eigenvalue weighted by Crippen LogP contribution is -2.42. The first kappa shape index (κ1) is 19.4. The summed E-state index contributed by atoms with van der Waals surface area (Å²) in [6.45, 7) is 7.11. The number of hydrogen-bond donors (Lipinski definition) is 2. The van der Waals surface area contributed by atoms with Crippen LogP contribution in [0.2, 0.25) is 0 Å². The zero-order valence-electron chi connectivity index (χ0n) is 15.2. The molecular weight excluding hydrogens is 321 g/mol. The molecule has 25 heavy (non-hydrogen) atoms. The molecule has 1 unspecified atom stereocenters. The van der Waals surface area contributed by atoms with Crippen molar-refractivity contribution < 1.29 is 14.0 Å². The van der Waals surface area contributed by atoms with Crippen LogP contribution in [0.15, 0.2) is 18.2 Å². The summed E-state index contributed by atoms with van der Waals surface area (Å²) in [6.07, 6.45) is 2.07. The summed E-state index contributed by atoms with van der Waals surface area (Å²) in [5.74, 6) is -0.371. The lowest BCUT2D eigenvalue weighted by atomic mass is 9.90. The number of halogens is 1. The van der Waals surface area contributed by atoms with Crippen LogP contribution in [0.5, 0.6) is 0 Å². The molecular formula is C19H28FN3O2. The largest absolute Gasteiger partial charge is 0.339 e. The van der Waals surface area contributed by atoms with Gasteiger partial charge in [0.25, 0.3) is 5.91 Å². The van der Waals surface area contributed by atoms with Crippen LogP contribution >= 0.6 is 0 Å². The number of carbonyl (C=O) groups excluding carboxylic acids is 2. The third kappa shape index (κ3) is 5.26. The fourth-order valence-corrected chi connectivity index (χ4v) is 3.13. The molecule has 0 spiro atoms. The molecule has 0 aliphatic carbocycles. The highest BCUT2D eigenvalue weighted by molar-refractivity contribution is 5.96. The molecule has 3 N–H and O–H groups in total. The van der Waals surface area contributed by atoms with E-state index in [1.807, 2.05) is 20.8 Å². The maximum atomic E-state index is 14.2. The molecule has 0 radical (unpaired) electrons. The Hall–Kier alpha value is -1.95. The van der Waals surface area contributed by atoms with E-state index in [0.717, 1.165) is 12.8 Å². The van der Waals surface area contributed by atoms with Crippen molar-refractivity contribution in [3.63, 3.8) is 0 Å². The fraction of sp³-hybridized carbons (Fsp3) is 0.579. The summed E-state index contributed by atoms with van der Waals surface area (Å²) in [5.41, 5.74) is 6.33. The van der Waals surface area contributed by atoms with Crippen LogP contribution in [0.25, 0.3) is 0 Å². The molecule has 1 aliphatic rings. The van der Waals surface area contributed by atoms with Gasteiger partial charge in [0.1, 0.15) is 5.82 Å². The standard InChI is InChI=1S/C19H28FN3O2/c1-12(2)10-18(24)22-17-5-4-15(11-16(17)20)19(25)23-8-6-14(7-9-23)13(3)21/h4-5,11-14H,6-10,21H2,1-3H3,(H,22,24). The summed E-state index contributed by atoms with van der Waals surface area (Å²) >= 11 is 0. The average Bonchev–Trinajstić information content (AvgIpc) is 2.55. The van der Waals surface area contributed by atoms with Gasteiger partial charge in [-0.25, -0.2) is 4.39 Å². The molecule has 1 heterocycles. The molecule has 0 saturated carbocycles. The molecule has 5 nitrogen and oxygen atoms in total. The van der Waals surface area contributed by atoms with E-state index in [1.54, 1.807) is 11.0 Å².